The molecule has 2 heterocycles. The van der Waals surface area contributed by atoms with E-state index >= 15 is 0 Å². The molecule has 2 rings (SSSR count). The summed E-state index contributed by atoms with van der Waals surface area (Å²) in [6.45, 7) is 0.585. The molecule has 1 aromatic rings. The van der Waals surface area contributed by atoms with Crippen LogP contribution in [0.4, 0.5) is 0 Å². The van der Waals surface area contributed by atoms with Crippen molar-refractivity contribution in [2.45, 2.75) is 31.1 Å². The molecule has 1 aromatic heterocycles. The number of carbonyl (C=O) groups is 2. The summed E-state index contributed by atoms with van der Waals surface area (Å²) >= 11 is 3.31. The minimum atomic E-state index is -0.954. The maximum Gasteiger partial charge on any atom is 0.328 e. The Kier molecular flexibility index (Phi) is 5.87. The van der Waals surface area contributed by atoms with Crippen molar-refractivity contribution in [3.05, 3.63) is 28.0 Å². The van der Waals surface area contributed by atoms with Gasteiger partial charge in [-0.2, -0.15) is 0 Å². The standard InChI is InChI=1S/C15H19NO3S2/c1-16(15(19)13-4-2-3-7-20-13)9-12-8-11(10-21-12)5-6-14(17)18/h5-6,8,10,13H,2-4,7,9H2,1H3,(H,17,18)/b6-5+. The molecule has 1 aliphatic rings. The van der Waals surface area contributed by atoms with Crippen molar-refractivity contribution in [3.8, 4) is 0 Å². The van der Waals surface area contributed by atoms with Gasteiger partial charge < -0.3 is 10.0 Å². The summed E-state index contributed by atoms with van der Waals surface area (Å²) in [5.41, 5.74) is 0.866. The van der Waals surface area contributed by atoms with Gasteiger partial charge >= 0.3 is 5.97 Å². The van der Waals surface area contributed by atoms with E-state index in [0.29, 0.717) is 6.54 Å². The van der Waals surface area contributed by atoms with Crippen molar-refractivity contribution in [1.29, 1.82) is 0 Å². The highest BCUT2D eigenvalue weighted by Crippen LogP contribution is 2.27. The van der Waals surface area contributed by atoms with Gasteiger partial charge in [0.15, 0.2) is 0 Å². The zero-order valence-corrected chi connectivity index (χ0v) is 13.6. The molecule has 1 atom stereocenters. The summed E-state index contributed by atoms with van der Waals surface area (Å²) in [5.74, 6) is 0.327. The Hall–Kier alpha value is -1.27. The van der Waals surface area contributed by atoms with E-state index in [0.717, 1.165) is 35.1 Å². The monoisotopic (exact) mass is 325 g/mol. The van der Waals surface area contributed by atoms with E-state index in [-0.39, 0.29) is 11.2 Å². The van der Waals surface area contributed by atoms with Gasteiger partial charge in [-0.15, -0.1) is 23.1 Å². The number of carboxylic acids is 1. The molecule has 1 N–H and O–H groups in total. The van der Waals surface area contributed by atoms with Crippen molar-refractivity contribution in [2.75, 3.05) is 12.8 Å². The number of carbonyl (C=O) groups excluding carboxylic acids is 1. The predicted octanol–water partition coefficient (Wildman–Crippen LogP) is 3.09. The largest absolute Gasteiger partial charge is 0.478 e. The number of rotatable bonds is 5. The van der Waals surface area contributed by atoms with Crippen LogP contribution in [0.15, 0.2) is 17.5 Å². The average Bonchev–Trinajstić information content (AvgIpc) is 2.92. The first-order chi connectivity index (χ1) is 10.1. The molecule has 4 nitrogen and oxygen atoms in total. The van der Waals surface area contributed by atoms with Crippen molar-refractivity contribution >= 4 is 41.1 Å². The third kappa shape index (κ3) is 4.89. The second-order valence-corrected chi connectivity index (χ2v) is 7.37. The van der Waals surface area contributed by atoms with Crippen molar-refractivity contribution < 1.29 is 14.7 Å². The Morgan fingerprint density at radius 1 is 1.48 bits per heavy atom. The summed E-state index contributed by atoms with van der Waals surface area (Å²) < 4.78 is 0. The predicted molar refractivity (Wildman–Crippen MR) is 87.6 cm³/mol. The molecule has 1 unspecified atom stereocenters. The zero-order chi connectivity index (χ0) is 15.2. The zero-order valence-electron chi connectivity index (χ0n) is 11.9. The maximum absolute atomic E-state index is 12.3. The van der Waals surface area contributed by atoms with E-state index in [1.807, 2.05) is 18.5 Å². The fourth-order valence-electron chi connectivity index (χ4n) is 2.23. The minimum Gasteiger partial charge on any atom is -0.478 e. The van der Waals surface area contributed by atoms with E-state index < -0.39 is 5.97 Å². The molecular formula is C15H19NO3S2. The second kappa shape index (κ2) is 7.66. The lowest BCUT2D eigenvalue weighted by atomic mass is 10.1. The van der Waals surface area contributed by atoms with Crippen LogP contribution in [0, 0.1) is 0 Å². The van der Waals surface area contributed by atoms with Crippen LogP contribution >= 0.6 is 23.1 Å². The first-order valence-corrected chi connectivity index (χ1v) is 8.84. The maximum atomic E-state index is 12.3. The fourth-order valence-corrected chi connectivity index (χ4v) is 4.45. The van der Waals surface area contributed by atoms with Crippen LogP contribution < -0.4 is 0 Å². The van der Waals surface area contributed by atoms with Crippen molar-refractivity contribution in [2.24, 2.45) is 0 Å². The van der Waals surface area contributed by atoms with E-state index in [9.17, 15) is 9.59 Å². The third-order valence-corrected chi connectivity index (χ3v) is 5.62. The lowest BCUT2D eigenvalue weighted by Gasteiger charge is -2.25. The smallest absolute Gasteiger partial charge is 0.328 e. The van der Waals surface area contributed by atoms with Crippen LogP contribution in [0.1, 0.15) is 29.7 Å². The first-order valence-electron chi connectivity index (χ1n) is 6.91. The molecule has 0 bridgehead atoms. The van der Waals surface area contributed by atoms with Gasteiger partial charge in [0.05, 0.1) is 11.8 Å². The van der Waals surface area contributed by atoms with Crippen LogP contribution in [0.2, 0.25) is 0 Å². The number of hydrogen-bond donors (Lipinski definition) is 1. The summed E-state index contributed by atoms with van der Waals surface area (Å²) in [6.07, 6.45) is 6.02. The van der Waals surface area contributed by atoms with Crippen molar-refractivity contribution in [3.63, 3.8) is 0 Å². The Bertz CT molecular complexity index is 533. The summed E-state index contributed by atoms with van der Waals surface area (Å²) in [5, 5.41) is 10.6. The highest BCUT2D eigenvalue weighted by atomic mass is 32.2. The molecule has 0 saturated carbocycles. The van der Waals surface area contributed by atoms with Crippen LogP contribution in [0.25, 0.3) is 6.08 Å². The Morgan fingerprint density at radius 3 is 2.95 bits per heavy atom. The lowest BCUT2D eigenvalue weighted by Crippen LogP contribution is -2.35. The summed E-state index contributed by atoms with van der Waals surface area (Å²) in [4.78, 5) is 25.7. The Balaban J connectivity index is 1.91. The van der Waals surface area contributed by atoms with Gasteiger partial charge in [0, 0.05) is 18.0 Å². The molecule has 114 valence electrons. The minimum absolute atomic E-state index is 0.107. The molecule has 1 saturated heterocycles. The SMILES string of the molecule is CN(Cc1cc(/C=C/C(=O)O)cs1)C(=O)C1CCCCS1. The molecular weight excluding hydrogens is 306 g/mol. The average molecular weight is 325 g/mol. The molecule has 1 amide bonds. The number of amides is 1. The number of hydrogen-bond acceptors (Lipinski definition) is 4. The third-order valence-electron chi connectivity index (χ3n) is 3.32. The normalized spacial score (nSPS) is 18.8. The van der Waals surface area contributed by atoms with Crippen LogP contribution in [0.5, 0.6) is 0 Å². The first kappa shape index (κ1) is 16.1. The Labute approximate surface area is 132 Å². The van der Waals surface area contributed by atoms with Gasteiger partial charge in [-0.3, -0.25) is 4.79 Å². The molecule has 1 aliphatic heterocycles. The number of nitrogens with zero attached hydrogens (tertiary/aromatic N) is 1. The highest BCUT2D eigenvalue weighted by molar-refractivity contribution is 8.00. The van der Waals surface area contributed by atoms with Gasteiger partial charge in [0.2, 0.25) is 5.91 Å². The van der Waals surface area contributed by atoms with E-state index in [1.165, 1.54) is 6.42 Å². The number of aliphatic carboxylic acids is 1. The van der Waals surface area contributed by atoms with E-state index in [2.05, 4.69) is 0 Å². The number of thiophene rings is 1. The molecule has 6 heteroatoms. The van der Waals surface area contributed by atoms with Crippen molar-refractivity contribution in [1.82, 2.24) is 4.90 Å². The highest BCUT2D eigenvalue weighted by Gasteiger charge is 2.24. The molecule has 0 aromatic carbocycles. The van der Waals surface area contributed by atoms with Crippen LogP contribution in [-0.2, 0) is 16.1 Å². The van der Waals surface area contributed by atoms with Gasteiger partial charge in [-0.25, -0.2) is 4.79 Å². The second-order valence-electron chi connectivity index (χ2n) is 5.07. The quantitative estimate of drug-likeness (QED) is 0.845. The molecule has 21 heavy (non-hydrogen) atoms. The molecule has 0 spiro atoms. The Morgan fingerprint density at radius 2 is 2.29 bits per heavy atom. The number of carboxylic acid groups (broad SMARTS) is 1. The van der Waals surface area contributed by atoms with E-state index in [1.54, 1.807) is 34.1 Å². The summed E-state index contributed by atoms with van der Waals surface area (Å²) in [7, 11) is 1.84. The molecule has 0 radical (unpaired) electrons. The summed E-state index contributed by atoms with van der Waals surface area (Å²) in [6, 6.07) is 1.93. The van der Waals surface area contributed by atoms with Gasteiger partial charge in [0.1, 0.15) is 0 Å². The van der Waals surface area contributed by atoms with Gasteiger partial charge in [-0.05, 0) is 41.7 Å². The number of thioether (sulfide) groups is 1. The fraction of sp³-hybridized carbons (Fsp3) is 0.467. The lowest BCUT2D eigenvalue weighted by molar-refractivity contribution is -0.131. The topological polar surface area (TPSA) is 57.6 Å². The van der Waals surface area contributed by atoms with Crippen LogP contribution in [0.3, 0.4) is 0 Å². The molecule has 0 aliphatic carbocycles. The van der Waals surface area contributed by atoms with E-state index in [4.69, 9.17) is 5.11 Å². The van der Waals surface area contributed by atoms with Gasteiger partial charge in [-0.1, -0.05) is 6.42 Å². The van der Waals surface area contributed by atoms with Crippen LogP contribution in [-0.4, -0.2) is 39.9 Å². The molecule has 1 fully saturated rings. The van der Waals surface area contributed by atoms with Gasteiger partial charge in [0.25, 0.3) is 0 Å².